The fourth-order valence-electron chi connectivity index (χ4n) is 1.12. The van der Waals surface area contributed by atoms with E-state index in [-0.39, 0.29) is 0 Å². The van der Waals surface area contributed by atoms with Gasteiger partial charge in [-0.1, -0.05) is 0 Å². The van der Waals surface area contributed by atoms with E-state index >= 15 is 0 Å². The molecule has 0 amide bonds. The van der Waals surface area contributed by atoms with Crippen LogP contribution >= 0.6 is 0 Å². The second-order valence-electron chi connectivity index (χ2n) is 3.03. The molecule has 1 aromatic heterocycles. The first kappa shape index (κ1) is 12.9. The zero-order valence-electron chi connectivity index (χ0n) is 8.06. The molecule has 92 valence electrons. The van der Waals surface area contributed by atoms with Gasteiger partial charge in [-0.05, 0) is 16.0 Å². The maximum absolute atomic E-state index is 12.3. The van der Waals surface area contributed by atoms with Gasteiger partial charge in [0.15, 0.2) is 6.20 Å². The van der Waals surface area contributed by atoms with Crippen molar-refractivity contribution in [2.24, 2.45) is 0 Å². The van der Waals surface area contributed by atoms with Gasteiger partial charge in [0.1, 0.15) is 0 Å². The summed E-state index contributed by atoms with van der Waals surface area (Å²) >= 11 is 0. The number of alkyl halides is 3. The predicted octanol–water partition coefficient (Wildman–Crippen LogP) is 1.64. The number of carboxylic acids is 1. The lowest BCUT2D eigenvalue weighted by atomic mass is 10.1. The van der Waals surface area contributed by atoms with Crippen LogP contribution < -0.4 is 0 Å². The highest BCUT2D eigenvalue weighted by molar-refractivity contribution is 5.71. The Balaban J connectivity index is 3.29. The Morgan fingerprint density at radius 2 is 2.12 bits per heavy atom. The van der Waals surface area contributed by atoms with Crippen LogP contribution in [-0.4, -0.2) is 21.0 Å². The van der Waals surface area contributed by atoms with E-state index in [0.29, 0.717) is 12.3 Å². The predicted molar refractivity (Wildman–Crippen MR) is 47.2 cm³/mol. The molecule has 1 heterocycles. The van der Waals surface area contributed by atoms with Crippen molar-refractivity contribution < 1.29 is 28.0 Å². The minimum absolute atomic E-state index is 0.295. The molecule has 1 aromatic rings. The topological polar surface area (TPSA) is 93.3 Å². The van der Waals surface area contributed by atoms with Crippen LogP contribution in [0.4, 0.5) is 19.0 Å². The van der Waals surface area contributed by atoms with Gasteiger partial charge in [-0.15, -0.1) is 0 Å². The molecule has 1 rings (SSSR count). The summed E-state index contributed by atoms with van der Waals surface area (Å²) in [6, 6.07) is 0.416. The molecular weight excluding hydrogens is 245 g/mol. The van der Waals surface area contributed by atoms with Gasteiger partial charge in [0.2, 0.25) is 0 Å². The average molecular weight is 250 g/mol. The summed E-state index contributed by atoms with van der Waals surface area (Å²) in [5.74, 6) is -2.37. The molecule has 0 aliphatic heterocycles. The molecule has 0 aliphatic rings. The number of nitrogens with zero attached hydrogens (tertiary/aromatic N) is 2. The van der Waals surface area contributed by atoms with E-state index < -0.39 is 40.4 Å². The largest absolute Gasteiger partial charge is 0.481 e. The minimum Gasteiger partial charge on any atom is -0.481 e. The van der Waals surface area contributed by atoms with E-state index in [2.05, 4.69) is 4.98 Å². The van der Waals surface area contributed by atoms with Crippen LogP contribution in [0, 0.1) is 10.1 Å². The Hall–Kier alpha value is -2.19. The number of hydrogen-bond donors (Lipinski definition) is 1. The number of aliphatic carboxylic acids is 1. The Morgan fingerprint density at radius 3 is 2.53 bits per heavy atom. The first-order chi connectivity index (χ1) is 7.71. The Kier molecular flexibility index (Phi) is 3.30. The molecule has 17 heavy (non-hydrogen) atoms. The van der Waals surface area contributed by atoms with Crippen molar-refractivity contribution in [1.82, 2.24) is 4.98 Å². The minimum atomic E-state index is -4.73. The van der Waals surface area contributed by atoms with Crippen LogP contribution in [0.25, 0.3) is 0 Å². The molecule has 0 spiro atoms. The van der Waals surface area contributed by atoms with Gasteiger partial charge in [-0.3, -0.25) is 4.79 Å². The van der Waals surface area contributed by atoms with Crippen molar-refractivity contribution in [2.45, 2.75) is 12.6 Å². The molecule has 0 radical (unpaired) electrons. The summed E-state index contributed by atoms with van der Waals surface area (Å²) in [5, 5.41) is 18.9. The second-order valence-corrected chi connectivity index (χ2v) is 3.03. The Morgan fingerprint density at radius 1 is 1.53 bits per heavy atom. The van der Waals surface area contributed by atoms with Crippen molar-refractivity contribution in [3.63, 3.8) is 0 Å². The lowest BCUT2D eigenvalue weighted by Crippen LogP contribution is -2.11. The van der Waals surface area contributed by atoms with E-state index in [9.17, 15) is 28.1 Å². The molecule has 0 aromatic carbocycles. The molecular formula is C8H5F3N2O4. The van der Waals surface area contributed by atoms with E-state index in [4.69, 9.17) is 5.11 Å². The zero-order chi connectivity index (χ0) is 13.2. The highest BCUT2D eigenvalue weighted by atomic mass is 19.4. The van der Waals surface area contributed by atoms with Gasteiger partial charge in [-0.2, -0.15) is 13.2 Å². The quantitative estimate of drug-likeness (QED) is 0.650. The summed E-state index contributed by atoms with van der Waals surface area (Å²) in [7, 11) is 0. The lowest BCUT2D eigenvalue weighted by Gasteiger charge is -2.06. The second kappa shape index (κ2) is 4.36. The summed E-state index contributed by atoms with van der Waals surface area (Å²) in [5.41, 5.74) is -1.81. The molecule has 0 saturated heterocycles. The first-order valence-corrected chi connectivity index (χ1v) is 4.14. The number of carboxylic acid groups (broad SMARTS) is 1. The third-order valence-corrected chi connectivity index (χ3v) is 1.78. The summed E-state index contributed by atoms with van der Waals surface area (Å²) in [6.45, 7) is 0. The first-order valence-electron chi connectivity index (χ1n) is 4.14. The van der Waals surface area contributed by atoms with Crippen molar-refractivity contribution >= 4 is 11.8 Å². The fourth-order valence-corrected chi connectivity index (χ4v) is 1.12. The van der Waals surface area contributed by atoms with Crippen LogP contribution in [0.3, 0.4) is 0 Å². The molecule has 0 unspecified atom stereocenters. The van der Waals surface area contributed by atoms with Crippen molar-refractivity contribution in [3.05, 3.63) is 33.5 Å². The normalized spacial score (nSPS) is 11.2. The van der Waals surface area contributed by atoms with Gasteiger partial charge in [0.25, 0.3) is 0 Å². The zero-order valence-corrected chi connectivity index (χ0v) is 8.06. The average Bonchev–Trinajstić information content (AvgIpc) is 2.14. The molecule has 0 saturated carbocycles. The summed E-state index contributed by atoms with van der Waals surface area (Å²) in [6.07, 6.45) is -5.33. The molecule has 0 aliphatic carbocycles. The molecule has 6 nitrogen and oxygen atoms in total. The number of pyridine rings is 1. The van der Waals surface area contributed by atoms with E-state index in [1.54, 1.807) is 0 Å². The molecule has 0 fully saturated rings. The van der Waals surface area contributed by atoms with Crippen LogP contribution in [0.1, 0.15) is 11.1 Å². The molecule has 0 atom stereocenters. The van der Waals surface area contributed by atoms with Crippen LogP contribution in [0.5, 0.6) is 0 Å². The van der Waals surface area contributed by atoms with Gasteiger partial charge < -0.3 is 15.2 Å². The number of carbonyl (C=O) groups is 1. The third-order valence-electron chi connectivity index (χ3n) is 1.78. The van der Waals surface area contributed by atoms with Crippen LogP contribution in [-0.2, 0) is 17.4 Å². The van der Waals surface area contributed by atoms with Gasteiger partial charge in [0.05, 0.1) is 17.5 Å². The summed E-state index contributed by atoms with van der Waals surface area (Å²) in [4.78, 5) is 22.8. The van der Waals surface area contributed by atoms with Gasteiger partial charge >= 0.3 is 18.0 Å². The third kappa shape index (κ3) is 3.13. The lowest BCUT2D eigenvalue weighted by molar-refractivity contribution is -0.390. The van der Waals surface area contributed by atoms with Crippen LogP contribution in [0.2, 0.25) is 0 Å². The van der Waals surface area contributed by atoms with E-state index in [0.717, 1.165) is 0 Å². The monoisotopic (exact) mass is 250 g/mol. The van der Waals surface area contributed by atoms with Gasteiger partial charge in [0, 0.05) is 0 Å². The smallest absolute Gasteiger partial charge is 0.420 e. The van der Waals surface area contributed by atoms with E-state index in [1.807, 2.05) is 0 Å². The number of halogens is 3. The summed E-state index contributed by atoms with van der Waals surface area (Å²) < 4.78 is 36.8. The number of aromatic nitrogens is 1. The van der Waals surface area contributed by atoms with Crippen molar-refractivity contribution in [2.75, 3.05) is 0 Å². The van der Waals surface area contributed by atoms with Crippen molar-refractivity contribution in [1.29, 1.82) is 0 Å². The molecule has 9 heteroatoms. The number of hydrogen-bond acceptors (Lipinski definition) is 4. The van der Waals surface area contributed by atoms with Crippen molar-refractivity contribution in [3.8, 4) is 0 Å². The maximum atomic E-state index is 12.3. The Labute approximate surface area is 91.9 Å². The standard InChI is InChI=1S/C8H5F3N2O4/c9-8(10,11)5-1-4(2-6(14)15)7(12-3-5)13(16)17/h1,3H,2H2,(H,14,15). The highest BCUT2D eigenvalue weighted by Gasteiger charge is 2.34. The van der Waals surface area contributed by atoms with Gasteiger partial charge in [-0.25, -0.2) is 0 Å². The molecule has 1 N–H and O–H groups in total. The Bertz CT molecular complexity index is 472. The van der Waals surface area contributed by atoms with Crippen LogP contribution in [0.15, 0.2) is 12.3 Å². The SMILES string of the molecule is O=C(O)Cc1cc(C(F)(F)F)cnc1[N+](=O)[O-]. The molecule has 0 bridgehead atoms. The fraction of sp³-hybridized carbons (Fsp3) is 0.250. The van der Waals surface area contributed by atoms with E-state index in [1.165, 1.54) is 0 Å². The number of rotatable bonds is 3. The number of nitro groups is 1. The maximum Gasteiger partial charge on any atom is 0.420 e. The highest BCUT2D eigenvalue weighted by Crippen LogP contribution is 2.31.